The Kier molecular flexibility index (Phi) is 21.3. The zero-order valence-corrected chi connectivity index (χ0v) is 48.1. The van der Waals surface area contributed by atoms with Crippen molar-refractivity contribution in [1.82, 2.24) is 0 Å². The van der Waals surface area contributed by atoms with Crippen molar-refractivity contribution >= 4 is 23.6 Å². The van der Waals surface area contributed by atoms with Crippen LogP contribution in [0.2, 0.25) is 0 Å². The third kappa shape index (κ3) is 14.5. The topological polar surface area (TPSA) is 0 Å². The molecule has 77 heavy (non-hydrogen) atoms. The van der Waals surface area contributed by atoms with Crippen LogP contribution in [-0.4, -0.2) is 8.07 Å². The number of hydrogen-bond acceptors (Lipinski definition) is 0. The first kappa shape index (κ1) is 58.2. The minimum Gasteiger partial charge on any atom is -1.00 e. The number of allylic oxidation sites excluding steroid dienone is 4. The van der Waals surface area contributed by atoms with Crippen molar-refractivity contribution in [2.75, 3.05) is 0 Å². The molecule has 0 atom stereocenters. The van der Waals surface area contributed by atoms with Crippen LogP contribution >= 0.6 is 0 Å². The van der Waals surface area contributed by atoms with E-state index >= 15 is 0 Å². The van der Waals surface area contributed by atoms with Crippen LogP contribution < -0.4 is 52.8 Å². The Labute approximate surface area is 492 Å². The largest absolute Gasteiger partial charge is 4.00 e. The Morgan fingerprint density at radius 1 is 0.260 bits per heavy atom. The summed E-state index contributed by atoms with van der Waals surface area (Å²) >= 11 is 0. The smallest absolute Gasteiger partial charge is 1.00 e. The van der Waals surface area contributed by atoms with E-state index < -0.39 is 8.07 Å². The molecule has 0 heterocycles. The molecule has 0 radical (unpaired) electrons. The molecule has 10 aromatic carbocycles. The predicted octanol–water partition coefficient (Wildman–Crippen LogP) is 5.55. The summed E-state index contributed by atoms with van der Waals surface area (Å²) in [7, 11) is -3.34. The first-order valence-corrected chi connectivity index (χ1v) is 28.1. The molecular weight excluding hydrogens is 1050 g/mol. The summed E-state index contributed by atoms with van der Waals surface area (Å²) in [6, 6.07) is 101. The molecule has 1 aliphatic carbocycles. The van der Waals surface area contributed by atoms with E-state index in [0.29, 0.717) is 0 Å². The van der Waals surface area contributed by atoms with Gasteiger partial charge in [0.15, 0.2) is 0 Å². The molecule has 0 aromatic heterocycles. The molecule has 0 bridgehead atoms. The van der Waals surface area contributed by atoms with Crippen LogP contribution in [0.1, 0.15) is 78.7 Å². The second-order valence-corrected chi connectivity index (χ2v) is 23.7. The zero-order valence-electron chi connectivity index (χ0n) is 43.3. The predicted molar refractivity (Wildman–Crippen MR) is 309 cm³/mol. The SMILES string of the molecule is [C-]1=C(Cc2ccccc2)C([Si](c2cc(Cc3ccccc3)cc(Cc3ccccc3)c2)(c2cc(Cc3ccccc3)cc(Cc3ccccc3)c2)c2cc(Cc3ccccc3)cc(Cc3ccccc3)c2)=CC1.[Cl-].[Cl-].[Cl-].[Ti+4]. The van der Waals surface area contributed by atoms with Crippen LogP contribution in [0.3, 0.4) is 0 Å². The Hall–Kier alpha value is -6.52. The van der Waals surface area contributed by atoms with E-state index in [4.69, 9.17) is 0 Å². The quantitative estimate of drug-likeness (QED) is 0.0602. The van der Waals surface area contributed by atoms with E-state index in [1.165, 1.54) is 98.7 Å². The molecule has 0 unspecified atom stereocenters. The van der Waals surface area contributed by atoms with Crippen LogP contribution in [0.25, 0.3) is 0 Å². The van der Waals surface area contributed by atoms with Crippen LogP contribution in [0.15, 0.2) is 284 Å². The van der Waals surface area contributed by atoms with Gasteiger partial charge in [0.1, 0.15) is 0 Å². The summed E-state index contributed by atoms with van der Waals surface area (Å²) in [5, 5.41) is 5.75. The monoisotopic (exact) mass is 1110 g/mol. The van der Waals surface area contributed by atoms with E-state index in [1.807, 2.05) is 0 Å². The van der Waals surface area contributed by atoms with E-state index in [-0.39, 0.29) is 58.9 Å². The van der Waals surface area contributed by atoms with Gasteiger partial charge in [-0.2, -0.15) is 11.3 Å². The van der Waals surface area contributed by atoms with Gasteiger partial charge in [-0.1, -0.05) is 282 Å². The molecule has 0 N–H and O–H groups in total. The third-order valence-corrected chi connectivity index (χ3v) is 19.3. The maximum absolute atomic E-state index is 4.06. The van der Waals surface area contributed by atoms with E-state index in [2.05, 4.69) is 279 Å². The minimum absolute atomic E-state index is 0. The van der Waals surface area contributed by atoms with Gasteiger partial charge >= 0.3 is 21.7 Å². The maximum atomic E-state index is 4.06. The summed E-state index contributed by atoms with van der Waals surface area (Å²) < 4.78 is 0. The molecule has 378 valence electrons. The average Bonchev–Trinajstić information content (AvgIpc) is 3.89. The van der Waals surface area contributed by atoms with Crippen molar-refractivity contribution in [3.05, 3.63) is 362 Å². The summed E-state index contributed by atoms with van der Waals surface area (Å²) in [5.74, 6) is 0. The van der Waals surface area contributed by atoms with E-state index in [9.17, 15) is 0 Å². The fourth-order valence-electron chi connectivity index (χ4n) is 11.3. The van der Waals surface area contributed by atoms with Gasteiger partial charge in [0.05, 0.1) is 8.07 Å². The van der Waals surface area contributed by atoms with Crippen molar-refractivity contribution in [2.45, 2.75) is 51.4 Å². The molecule has 0 fully saturated rings. The second-order valence-electron chi connectivity index (χ2n) is 20.0. The Morgan fingerprint density at radius 3 is 0.688 bits per heavy atom. The van der Waals surface area contributed by atoms with Crippen molar-refractivity contribution in [2.24, 2.45) is 0 Å². The Morgan fingerprint density at radius 2 is 0.468 bits per heavy atom. The fraction of sp³-hybridized carbons (Fsp3) is 0.111. The number of hydrogen-bond donors (Lipinski definition) is 0. The molecular formula is C72H61Cl3SiTi. The molecule has 5 heteroatoms. The van der Waals surface area contributed by atoms with Crippen molar-refractivity contribution in [3.63, 3.8) is 0 Å². The standard InChI is InChI=1S/C72H61Si.3ClH.Ti/c1-8-23-55(24-9-1)39-62-45-63(40-56-25-10-2-11-26-56)50-69(49-62)73(72-38-22-37-68(72)48-61-35-20-7-21-36-61,70-51-64(41-57-27-12-3-13-28-57)46-65(52-70)42-58-29-14-4-15-30-58)71-53-66(43-59-31-16-5-17-32-59)47-67(54-71)44-60-33-18-6-19-34-60;;;;/h1-21,23-36,38,45-47,49-54H,22,39-44,48H2;3*1H;/q-1;;;;+4/p-3. The van der Waals surface area contributed by atoms with Crippen LogP contribution in [-0.2, 0) is 66.7 Å². The molecule has 0 saturated carbocycles. The van der Waals surface area contributed by atoms with Crippen LogP contribution in [0.4, 0.5) is 0 Å². The Balaban J connectivity index is 0.00000215. The van der Waals surface area contributed by atoms with Gasteiger partial charge in [-0.05, 0) is 117 Å². The van der Waals surface area contributed by atoms with Crippen LogP contribution in [0.5, 0.6) is 0 Å². The third-order valence-electron chi connectivity index (χ3n) is 14.5. The fourth-order valence-corrected chi connectivity index (χ4v) is 16.7. The van der Waals surface area contributed by atoms with Crippen molar-refractivity contribution < 1.29 is 58.9 Å². The maximum Gasteiger partial charge on any atom is 4.00 e. The van der Waals surface area contributed by atoms with Gasteiger partial charge < -0.3 is 37.2 Å². The molecule has 11 rings (SSSR count). The minimum atomic E-state index is -3.34. The van der Waals surface area contributed by atoms with Gasteiger partial charge in [0.25, 0.3) is 0 Å². The molecule has 10 aromatic rings. The number of halogens is 3. The van der Waals surface area contributed by atoms with Gasteiger partial charge in [-0.15, -0.1) is 6.42 Å². The van der Waals surface area contributed by atoms with Crippen molar-refractivity contribution in [3.8, 4) is 0 Å². The van der Waals surface area contributed by atoms with E-state index in [1.54, 1.807) is 0 Å². The van der Waals surface area contributed by atoms with Gasteiger partial charge in [-0.3, -0.25) is 6.08 Å². The molecule has 0 amide bonds. The summed E-state index contributed by atoms with van der Waals surface area (Å²) in [5.41, 5.74) is 18.6. The molecule has 0 spiro atoms. The first-order chi connectivity index (χ1) is 36.1. The number of benzene rings is 10. The molecule has 1 aliphatic rings. The normalized spacial score (nSPS) is 11.7. The molecule has 0 aliphatic heterocycles. The average molecular weight is 1110 g/mol. The summed E-state index contributed by atoms with van der Waals surface area (Å²) in [6.07, 6.45) is 13.3. The summed E-state index contributed by atoms with van der Waals surface area (Å²) in [4.78, 5) is 0. The van der Waals surface area contributed by atoms with Gasteiger partial charge in [0.2, 0.25) is 0 Å². The Bertz CT molecular complexity index is 2980. The number of rotatable bonds is 18. The van der Waals surface area contributed by atoms with Crippen molar-refractivity contribution in [1.29, 1.82) is 0 Å². The van der Waals surface area contributed by atoms with Crippen LogP contribution in [0, 0.1) is 6.08 Å². The van der Waals surface area contributed by atoms with E-state index in [0.717, 1.165) is 51.4 Å². The molecule has 0 saturated heterocycles. The first-order valence-electron chi connectivity index (χ1n) is 26.1. The zero-order chi connectivity index (χ0) is 49.1. The van der Waals surface area contributed by atoms with Gasteiger partial charge in [-0.25, -0.2) is 5.57 Å². The molecule has 0 nitrogen and oxygen atoms in total. The van der Waals surface area contributed by atoms with Gasteiger partial charge in [0, 0.05) is 0 Å². The summed E-state index contributed by atoms with van der Waals surface area (Å²) in [6.45, 7) is 0. The second kappa shape index (κ2) is 28.2.